The molecule has 0 aliphatic carbocycles. The molecule has 24 heavy (non-hydrogen) atoms. The molecule has 0 bridgehead atoms. The smallest absolute Gasteiger partial charge is 0.343 e. The molecule has 6 nitrogen and oxygen atoms in total. The van der Waals surface area contributed by atoms with Gasteiger partial charge in [0.2, 0.25) is 5.91 Å². The number of nitrogens with one attached hydrogen (secondary N) is 1. The molecule has 0 saturated carbocycles. The summed E-state index contributed by atoms with van der Waals surface area (Å²) in [5.74, 6) is 0.345. The zero-order valence-corrected chi connectivity index (χ0v) is 13.3. The van der Waals surface area contributed by atoms with Crippen LogP contribution in [0.15, 0.2) is 64.8 Å². The molecule has 0 unspecified atom stereocenters. The fraction of sp³-hybridized carbons (Fsp3) is 0.0588. The van der Waals surface area contributed by atoms with Gasteiger partial charge in [-0.05, 0) is 42.0 Å². The first kappa shape index (κ1) is 15.9. The molecule has 1 amide bonds. The van der Waals surface area contributed by atoms with E-state index in [1.165, 1.54) is 11.8 Å². The van der Waals surface area contributed by atoms with E-state index in [0.717, 1.165) is 5.56 Å². The number of carbonyl (C=O) groups excluding carboxylic acids is 2. The molecule has 1 heterocycles. The molecule has 0 aromatic heterocycles. The Hall–Kier alpha value is -2.93. The van der Waals surface area contributed by atoms with Crippen molar-refractivity contribution in [3.05, 3.63) is 65.7 Å². The first-order chi connectivity index (χ1) is 11.7. The van der Waals surface area contributed by atoms with Crippen molar-refractivity contribution in [3.8, 4) is 5.75 Å². The van der Waals surface area contributed by atoms with Gasteiger partial charge in [0.15, 0.2) is 5.17 Å². The van der Waals surface area contributed by atoms with E-state index in [-0.39, 0.29) is 5.91 Å². The summed E-state index contributed by atoms with van der Waals surface area (Å²) in [7, 11) is 0. The van der Waals surface area contributed by atoms with Crippen LogP contribution in [-0.4, -0.2) is 29.0 Å². The Kier molecular flexibility index (Phi) is 5.02. The molecule has 0 atom stereocenters. The highest BCUT2D eigenvalue weighted by atomic mass is 32.2. The maximum absolute atomic E-state index is 11.9. The number of hydrogen-bond donors (Lipinski definition) is 1. The predicted molar refractivity (Wildman–Crippen MR) is 93.5 cm³/mol. The predicted octanol–water partition coefficient (Wildman–Crippen LogP) is 2.46. The average molecular weight is 339 g/mol. The van der Waals surface area contributed by atoms with Crippen molar-refractivity contribution < 1.29 is 14.3 Å². The fourth-order valence-corrected chi connectivity index (χ4v) is 2.52. The summed E-state index contributed by atoms with van der Waals surface area (Å²) in [5.41, 5.74) is 1.29. The summed E-state index contributed by atoms with van der Waals surface area (Å²) in [4.78, 5) is 23.0. The van der Waals surface area contributed by atoms with Crippen LogP contribution in [0.4, 0.5) is 0 Å². The van der Waals surface area contributed by atoms with Crippen LogP contribution in [0.5, 0.6) is 5.75 Å². The van der Waals surface area contributed by atoms with Gasteiger partial charge in [0, 0.05) is 0 Å². The minimum Gasteiger partial charge on any atom is -0.423 e. The number of amides is 1. The Morgan fingerprint density at radius 2 is 1.88 bits per heavy atom. The summed E-state index contributed by atoms with van der Waals surface area (Å²) in [6.45, 7) is 0. The second-order valence-electron chi connectivity index (χ2n) is 4.81. The monoisotopic (exact) mass is 339 g/mol. The van der Waals surface area contributed by atoms with Crippen LogP contribution in [0.1, 0.15) is 15.9 Å². The van der Waals surface area contributed by atoms with Crippen LogP contribution in [0.3, 0.4) is 0 Å². The lowest BCUT2D eigenvalue weighted by Crippen LogP contribution is -2.19. The van der Waals surface area contributed by atoms with Crippen LogP contribution < -0.4 is 10.1 Å². The third-order valence-electron chi connectivity index (χ3n) is 3.04. The first-order valence-electron chi connectivity index (χ1n) is 7.12. The summed E-state index contributed by atoms with van der Waals surface area (Å²) in [6.07, 6.45) is 1.56. The lowest BCUT2D eigenvalue weighted by atomic mass is 10.2. The third kappa shape index (κ3) is 4.30. The molecule has 1 fully saturated rings. The van der Waals surface area contributed by atoms with Gasteiger partial charge >= 0.3 is 5.97 Å². The van der Waals surface area contributed by atoms with E-state index in [0.29, 0.717) is 22.2 Å². The van der Waals surface area contributed by atoms with Gasteiger partial charge in [-0.2, -0.15) is 5.10 Å². The van der Waals surface area contributed by atoms with Gasteiger partial charge in [0.1, 0.15) is 5.75 Å². The van der Waals surface area contributed by atoms with E-state index in [2.05, 4.69) is 15.5 Å². The molecular weight excluding hydrogens is 326 g/mol. The number of esters is 1. The second-order valence-corrected chi connectivity index (χ2v) is 5.78. The minimum absolute atomic E-state index is 0.0708. The van der Waals surface area contributed by atoms with Gasteiger partial charge in [-0.1, -0.05) is 30.0 Å². The molecule has 0 radical (unpaired) electrons. The zero-order chi connectivity index (χ0) is 16.8. The maximum Gasteiger partial charge on any atom is 0.343 e. The topological polar surface area (TPSA) is 80.1 Å². The normalized spacial score (nSPS) is 15.7. The number of ether oxygens (including phenoxy) is 1. The molecule has 1 saturated heterocycles. The summed E-state index contributed by atoms with van der Waals surface area (Å²) in [6, 6.07) is 15.7. The molecule has 2 aromatic carbocycles. The Morgan fingerprint density at radius 3 is 2.54 bits per heavy atom. The Labute approximate surface area is 142 Å². The molecule has 3 rings (SSSR count). The number of rotatable bonds is 4. The number of carbonyl (C=O) groups is 2. The number of nitrogens with zero attached hydrogens (tertiary/aromatic N) is 2. The number of thioether (sulfide) groups is 1. The average Bonchev–Trinajstić information content (AvgIpc) is 3.02. The van der Waals surface area contributed by atoms with E-state index in [1.807, 2.05) is 6.07 Å². The van der Waals surface area contributed by atoms with Crippen molar-refractivity contribution in [1.29, 1.82) is 0 Å². The molecular formula is C17H13N3O3S. The zero-order valence-electron chi connectivity index (χ0n) is 12.5. The third-order valence-corrected chi connectivity index (χ3v) is 3.91. The van der Waals surface area contributed by atoms with Crippen LogP contribution in [0.2, 0.25) is 0 Å². The second kappa shape index (κ2) is 7.56. The van der Waals surface area contributed by atoms with Crippen LogP contribution in [0.25, 0.3) is 0 Å². The van der Waals surface area contributed by atoms with Crippen LogP contribution in [-0.2, 0) is 4.79 Å². The summed E-state index contributed by atoms with van der Waals surface area (Å²) >= 11 is 1.31. The Balaban J connectivity index is 1.59. The van der Waals surface area contributed by atoms with Crippen LogP contribution in [0, 0.1) is 0 Å². The SMILES string of the molecule is O=C1CS/C(=N/N=C\c2ccc(OC(=O)c3ccccc3)cc2)N1. The van der Waals surface area contributed by atoms with E-state index >= 15 is 0 Å². The molecule has 2 aromatic rings. The van der Waals surface area contributed by atoms with Gasteiger partial charge in [0.25, 0.3) is 0 Å². The highest BCUT2D eigenvalue weighted by molar-refractivity contribution is 8.15. The Bertz CT molecular complexity index is 802. The fourth-order valence-electron chi connectivity index (χ4n) is 1.89. The van der Waals surface area contributed by atoms with E-state index in [9.17, 15) is 9.59 Å². The van der Waals surface area contributed by atoms with Gasteiger partial charge in [-0.3, -0.25) is 4.79 Å². The lowest BCUT2D eigenvalue weighted by molar-refractivity contribution is -0.116. The van der Waals surface area contributed by atoms with Gasteiger partial charge in [-0.25, -0.2) is 4.79 Å². The van der Waals surface area contributed by atoms with E-state index < -0.39 is 5.97 Å². The number of amidine groups is 1. The lowest BCUT2D eigenvalue weighted by Gasteiger charge is -2.04. The highest BCUT2D eigenvalue weighted by Crippen LogP contribution is 2.14. The molecule has 0 spiro atoms. The van der Waals surface area contributed by atoms with Crippen molar-refractivity contribution in [2.45, 2.75) is 0 Å². The summed E-state index contributed by atoms with van der Waals surface area (Å²) < 4.78 is 5.29. The first-order valence-corrected chi connectivity index (χ1v) is 8.10. The van der Waals surface area contributed by atoms with Crippen LogP contribution >= 0.6 is 11.8 Å². The number of benzene rings is 2. The molecule has 7 heteroatoms. The van der Waals surface area contributed by atoms with Crippen molar-refractivity contribution in [1.82, 2.24) is 5.32 Å². The molecule has 120 valence electrons. The van der Waals surface area contributed by atoms with Gasteiger partial charge < -0.3 is 10.1 Å². The Morgan fingerprint density at radius 1 is 1.12 bits per heavy atom. The maximum atomic E-state index is 11.9. The van der Waals surface area contributed by atoms with Crippen molar-refractivity contribution in [2.24, 2.45) is 10.2 Å². The number of hydrogen-bond acceptors (Lipinski definition) is 6. The van der Waals surface area contributed by atoms with Gasteiger partial charge in [0.05, 0.1) is 17.5 Å². The highest BCUT2D eigenvalue weighted by Gasteiger charge is 2.15. The van der Waals surface area contributed by atoms with Gasteiger partial charge in [-0.15, -0.1) is 5.10 Å². The van der Waals surface area contributed by atoms with Crippen molar-refractivity contribution in [3.63, 3.8) is 0 Å². The van der Waals surface area contributed by atoms with E-state index in [1.54, 1.807) is 54.7 Å². The largest absolute Gasteiger partial charge is 0.423 e. The van der Waals surface area contributed by atoms with Crippen molar-refractivity contribution >= 4 is 35.0 Å². The minimum atomic E-state index is -0.405. The molecule has 1 aliphatic rings. The van der Waals surface area contributed by atoms with Crippen molar-refractivity contribution in [2.75, 3.05) is 5.75 Å². The summed E-state index contributed by atoms with van der Waals surface area (Å²) in [5, 5.41) is 10.9. The van der Waals surface area contributed by atoms with E-state index in [4.69, 9.17) is 4.74 Å². The molecule has 1 aliphatic heterocycles. The molecule has 1 N–H and O–H groups in total. The standard InChI is InChI=1S/C17H13N3O3S/c21-15-11-24-17(19-15)20-18-10-12-6-8-14(9-7-12)23-16(22)13-4-2-1-3-5-13/h1-10H,11H2,(H,19,20,21)/b18-10-. The quantitative estimate of drug-likeness (QED) is 0.402.